The van der Waals surface area contributed by atoms with Crippen molar-refractivity contribution >= 4 is 11.8 Å². The number of nitrogens with one attached hydrogen (secondary N) is 3. The van der Waals surface area contributed by atoms with Crippen molar-refractivity contribution in [2.75, 3.05) is 6.79 Å². The molecule has 3 rings (SSSR count). The number of carbonyl (C=O) groups is 2. The van der Waals surface area contributed by atoms with E-state index in [-0.39, 0.29) is 6.79 Å². The molecule has 0 fully saturated rings. The highest BCUT2D eigenvalue weighted by Gasteiger charge is 2.17. The van der Waals surface area contributed by atoms with Gasteiger partial charge in [-0.2, -0.15) is 5.10 Å². The van der Waals surface area contributed by atoms with E-state index in [1.54, 1.807) is 18.2 Å². The number of benzene rings is 1. The maximum Gasteiger partial charge on any atom is 0.273 e. The molecule has 0 aliphatic carbocycles. The van der Waals surface area contributed by atoms with Crippen LogP contribution in [0.4, 0.5) is 0 Å². The fourth-order valence-electron chi connectivity index (χ4n) is 2.24. The van der Waals surface area contributed by atoms with E-state index >= 15 is 0 Å². The summed E-state index contributed by atoms with van der Waals surface area (Å²) in [6.07, 6.45) is 3.03. The first-order chi connectivity index (χ1) is 11.2. The van der Waals surface area contributed by atoms with E-state index in [9.17, 15) is 9.59 Å². The van der Waals surface area contributed by atoms with Crippen molar-refractivity contribution in [2.45, 2.75) is 19.8 Å². The van der Waals surface area contributed by atoms with Crippen LogP contribution in [0.25, 0.3) is 0 Å². The van der Waals surface area contributed by atoms with Crippen LogP contribution in [0.15, 0.2) is 24.4 Å². The summed E-state index contributed by atoms with van der Waals surface area (Å²) < 4.78 is 10.4. The zero-order valence-corrected chi connectivity index (χ0v) is 12.5. The molecule has 1 aromatic carbocycles. The standard InChI is InChI=1S/C15H16N4O4/c1-2-3-11-10(7-16-17-11)15(21)19-18-14(20)9-4-5-12-13(6-9)23-8-22-12/h4-7H,2-3,8H2,1H3,(H,16,17)(H,18,20)(H,19,21). The smallest absolute Gasteiger partial charge is 0.273 e. The number of fused-ring (bicyclic) bond motifs is 1. The van der Waals surface area contributed by atoms with Gasteiger partial charge in [0.1, 0.15) is 0 Å². The minimum atomic E-state index is -0.447. The van der Waals surface area contributed by atoms with Gasteiger partial charge in [0.05, 0.1) is 11.8 Å². The monoisotopic (exact) mass is 316 g/mol. The maximum absolute atomic E-state index is 12.1. The van der Waals surface area contributed by atoms with Crippen LogP contribution in [0.3, 0.4) is 0 Å². The molecular formula is C15H16N4O4. The van der Waals surface area contributed by atoms with Crippen LogP contribution in [0.1, 0.15) is 39.8 Å². The zero-order chi connectivity index (χ0) is 16.2. The molecule has 1 aliphatic rings. The summed E-state index contributed by atoms with van der Waals surface area (Å²) >= 11 is 0. The third-order valence-electron chi connectivity index (χ3n) is 3.39. The molecule has 2 amide bonds. The van der Waals surface area contributed by atoms with Gasteiger partial charge in [-0.3, -0.25) is 25.5 Å². The van der Waals surface area contributed by atoms with Gasteiger partial charge in [-0.1, -0.05) is 13.3 Å². The molecule has 0 spiro atoms. The van der Waals surface area contributed by atoms with Gasteiger partial charge in [0.25, 0.3) is 11.8 Å². The van der Waals surface area contributed by atoms with Crippen molar-refractivity contribution in [3.05, 3.63) is 41.2 Å². The van der Waals surface area contributed by atoms with E-state index in [1.807, 2.05) is 6.92 Å². The van der Waals surface area contributed by atoms with Crippen LogP contribution in [0.2, 0.25) is 0 Å². The highest BCUT2D eigenvalue weighted by Crippen LogP contribution is 2.32. The largest absolute Gasteiger partial charge is 0.454 e. The number of ether oxygens (including phenoxy) is 2. The van der Waals surface area contributed by atoms with E-state index in [2.05, 4.69) is 21.0 Å². The van der Waals surface area contributed by atoms with Crippen LogP contribution in [-0.2, 0) is 6.42 Å². The summed E-state index contributed by atoms with van der Waals surface area (Å²) in [5.41, 5.74) is 6.26. The molecule has 0 radical (unpaired) electrons. The number of hydrogen-bond donors (Lipinski definition) is 3. The van der Waals surface area contributed by atoms with Gasteiger partial charge in [0, 0.05) is 11.3 Å². The Balaban J connectivity index is 1.62. The highest BCUT2D eigenvalue weighted by atomic mass is 16.7. The number of hydrogen-bond acceptors (Lipinski definition) is 5. The number of amides is 2. The first-order valence-corrected chi connectivity index (χ1v) is 7.21. The van der Waals surface area contributed by atoms with Gasteiger partial charge in [-0.05, 0) is 24.6 Å². The van der Waals surface area contributed by atoms with Crippen LogP contribution in [-0.4, -0.2) is 28.8 Å². The Morgan fingerprint density at radius 2 is 2.00 bits per heavy atom. The van der Waals surface area contributed by atoms with Gasteiger partial charge >= 0.3 is 0 Å². The molecule has 2 heterocycles. The van der Waals surface area contributed by atoms with Gasteiger partial charge < -0.3 is 9.47 Å². The lowest BCUT2D eigenvalue weighted by molar-refractivity contribution is 0.0846. The molecule has 0 saturated heterocycles. The SMILES string of the molecule is CCCc1[nH]ncc1C(=O)NNC(=O)c1ccc2c(c1)OCO2. The quantitative estimate of drug-likeness (QED) is 0.734. The fraction of sp³-hybridized carbons (Fsp3) is 0.267. The fourth-order valence-corrected chi connectivity index (χ4v) is 2.24. The van der Waals surface area contributed by atoms with Crippen molar-refractivity contribution in [2.24, 2.45) is 0 Å². The molecule has 120 valence electrons. The summed E-state index contributed by atoms with van der Waals surface area (Å²) in [6.45, 7) is 2.14. The molecule has 2 aromatic rings. The Labute approximate surface area is 132 Å². The topological polar surface area (TPSA) is 105 Å². The average molecular weight is 316 g/mol. The number of carbonyl (C=O) groups excluding carboxylic acids is 2. The van der Waals surface area contributed by atoms with E-state index in [1.165, 1.54) is 6.20 Å². The second-order valence-electron chi connectivity index (χ2n) is 4.99. The number of aromatic nitrogens is 2. The molecule has 8 heteroatoms. The minimum absolute atomic E-state index is 0.137. The second kappa shape index (κ2) is 6.39. The number of aryl methyl sites for hydroxylation is 1. The van der Waals surface area contributed by atoms with Crippen LogP contribution >= 0.6 is 0 Å². The predicted molar refractivity (Wildman–Crippen MR) is 80.1 cm³/mol. The minimum Gasteiger partial charge on any atom is -0.454 e. The summed E-state index contributed by atoms with van der Waals surface area (Å²) in [5.74, 6) is 0.228. The molecule has 3 N–H and O–H groups in total. The first kappa shape index (κ1) is 14.9. The normalized spacial score (nSPS) is 12.0. The molecule has 23 heavy (non-hydrogen) atoms. The van der Waals surface area contributed by atoms with E-state index in [4.69, 9.17) is 9.47 Å². The first-order valence-electron chi connectivity index (χ1n) is 7.21. The second-order valence-corrected chi connectivity index (χ2v) is 4.99. The molecule has 1 aliphatic heterocycles. The number of hydrazine groups is 1. The molecule has 0 bridgehead atoms. The summed E-state index contributed by atoms with van der Waals surface area (Å²) in [5, 5.41) is 6.64. The summed E-state index contributed by atoms with van der Waals surface area (Å²) in [6, 6.07) is 4.80. The molecule has 0 saturated carbocycles. The number of H-pyrrole nitrogens is 1. The molecule has 8 nitrogen and oxygen atoms in total. The Hall–Kier alpha value is -3.03. The van der Waals surface area contributed by atoms with Crippen molar-refractivity contribution in [1.29, 1.82) is 0 Å². The van der Waals surface area contributed by atoms with Crippen molar-refractivity contribution in [1.82, 2.24) is 21.0 Å². The summed E-state index contributed by atoms with van der Waals surface area (Å²) in [4.78, 5) is 24.2. The maximum atomic E-state index is 12.1. The third kappa shape index (κ3) is 3.10. The Morgan fingerprint density at radius 3 is 2.83 bits per heavy atom. The molecule has 0 unspecified atom stereocenters. The van der Waals surface area contributed by atoms with E-state index in [0.29, 0.717) is 29.0 Å². The predicted octanol–water partition coefficient (Wildman–Crippen LogP) is 1.17. The summed E-state index contributed by atoms with van der Waals surface area (Å²) in [7, 11) is 0. The Bertz CT molecular complexity index is 741. The van der Waals surface area contributed by atoms with Gasteiger partial charge in [-0.25, -0.2) is 0 Å². The van der Waals surface area contributed by atoms with Crippen molar-refractivity contribution < 1.29 is 19.1 Å². The molecule has 0 atom stereocenters. The van der Waals surface area contributed by atoms with Gasteiger partial charge in [-0.15, -0.1) is 0 Å². The Kier molecular flexibility index (Phi) is 4.13. The van der Waals surface area contributed by atoms with Crippen LogP contribution in [0.5, 0.6) is 11.5 Å². The van der Waals surface area contributed by atoms with E-state index in [0.717, 1.165) is 12.1 Å². The molecule has 1 aromatic heterocycles. The van der Waals surface area contributed by atoms with Crippen LogP contribution < -0.4 is 20.3 Å². The van der Waals surface area contributed by atoms with Crippen molar-refractivity contribution in [3.63, 3.8) is 0 Å². The van der Waals surface area contributed by atoms with Gasteiger partial charge in [0.15, 0.2) is 11.5 Å². The number of nitrogens with zero attached hydrogens (tertiary/aromatic N) is 1. The van der Waals surface area contributed by atoms with Crippen LogP contribution in [0, 0.1) is 0 Å². The highest BCUT2D eigenvalue weighted by molar-refractivity contribution is 5.99. The Morgan fingerprint density at radius 1 is 1.22 bits per heavy atom. The lowest BCUT2D eigenvalue weighted by Crippen LogP contribution is -2.41. The number of aromatic amines is 1. The van der Waals surface area contributed by atoms with Crippen molar-refractivity contribution in [3.8, 4) is 11.5 Å². The lowest BCUT2D eigenvalue weighted by Gasteiger charge is -2.08. The molecular weight excluding hydrogens is 300 g/mol. The zero-order valence-electron chi connectivity index (χ0n) is 12.5. The third-order valence-corrected chi connectivity index (χ3v) is 3.39. The lowest BCUT2D eigenvalue weighted by atomic mass is 10.1. The van der Waals surface area contributed by atoms with Gasteiger partial charge in [0.2, 0.25) is 6.79 Å². The average Bonchev–Trinajstić information content (AvgIpc) is 3.20. The van der Waals surface area contributed by atoms with E-state index < -0.39 is 11.8 Å². The number of rotatable bonds is 4.